The molecule has 0 heterocycles. The molecule has 1 aromatic carbocycles. The summed E-state index contributed by atoms with van der Waals surface area (Å²) in [6.45, 7) is -0.140. The van der Waals surface area contributed by atoms with Gasteiger partial charge in [-0.3, -0.25) is 4.52 Å². The monoisotopic (exact) mass is 348 g/mol. The van der Waals surface area contributed by atoms with E-state index >= 15 is 0 Å². The maximum absolute atomic E-state index is 11.3. The second kappa shape index (κ2) is 7.80. The lowest BCUT2D eigenvalue weighted by Gasteiger charge is -2.10. The largest absolute Gasteiger partial charge is 0.484 e. The van der Waals surface area contributed by atoms with Gasteiger partial charge >= 0.3 is 15.6 Å². The van der Waals surface area contributed by atoms with Gasteiger partial charge in [-0.2, -0.15) is 0 Å². The Kier molecular flexibility index (Phi) is 7.06. The molecule has 0 aliphatic rings. The van der Waals surface area contributed by atoms with Crippen LogP contribution in [0.25, 0.3) is 0 Å². The Balaban J connectivity index is 2.28. The lowest BCUT2D eigenvalue weighted by Crippen LogP contribution is -1.91. The van der Waals surface area contributed by atoms with Gasteiger partial charge in [-0.05, 0) is 5.56 Å². The molecule has 1 unspecified atom stereocenters. The van der Waals surface area contributed by atoms with Crippen molar-refractivity contribution in [3.63, 3.8) is 0 Å². The van der Waals surface area contributed by atoms with E-state index in [2.05, 4.69) is 12.5 Å². The Bertz CT molecular complexity index is 477. The van der Waals surface area contributed by atoms with Gasteiger partial charge in [0.15, 0.2) is 0 Å². The average molecular weight is 348 g/mol. The molecule has 0 bridgehead atoms. The lowest BCUT2D eigenvalue weighted by atomic mass is 10.2. The molecule has 0 aliphatic carbocycles. The molecule has 0 spiro atoms. The third-order valence-corrected chi connectivity index (χ3v) is 5.31. The highest BCUT2D eigenvalue weighted by atomic mass is 33.1. The first-order valence-corrected chi connectivity index (χ1v) is 9.59. The molecule has 0 aliphatic heterocycles. The summed E-state index contributed by atoms with van der Waals surface area (Å²) in [5.41, 5.74) is 0.671. The average Bonchev–Trinajstić information content (AvgIpc) is 2.33. The van der Waals surface area contributed by atoms with Crippen LogP contribution >= 0.6 is 37.8 Å². The summed E-state index contributed by atoms with van der Waals surface area (Å²) in [6.07, 6.45) is 0. The normalized spacial score (nSPS) is 15.1. The molecule has 108 valence electrons. The quantitative estimate of drug-likeness (QED) is 0.279. The molecule has 1 aromatic rings. The minimum Gasteiger partial charge on any atom is -0.302 e. The maximum atomic E-state index is 11.3. The van der Waals surface area contributed by atoms with E-state index in [0.717, 1.165) is 0 Å². The van der Waals surface area contributed by atoms with Gasteiger partial charge in [0, 0.05) is 0 Å². The number of benzene rings is 1. The van der Waals surface area contributed by atoms with Crippen LogP contribution in [0, 0.1) is 0 Å². The van der Waals surface area contributed by atoms with E-state index in [9.17, 15) is 14.0 Å². The van der Waals surface area contributed by atoms with Crippen molar-refractivity contribution < 1.29 is 36.3 Å². The molecule has 0 fully saturated rings. The van der Waals surface area contributed by atoms with Crippen molar-refractivity contribution >= 4 is 37.8 Å². The SMILES string of the molecule is O=P(O)(O)OSSOP(=O)(O)OCc1ccccc1. The van der Waals surface area contributed by atoms with E-state index in [1.807, 2.05) is 0 Å². The molecule has 0 aromatic heterocycles. The van der Waals surface area contributed by atoms with Crippen molar-refractivity contribution in [3.05, 3.63) is 35.9 Å². The molecule has 19 heavy (non-hydrogen) atoms. The number of phosphoric acid groups is 2. The van der Waals surface area contributed by atoms with E-state index in [0.29, 0.717) is 5.56 Å². The zero-order chi connectivity index (χ0) is 14.4. The van der Waals surface area contributed by atoms with Crippen LogP contribution in [0.15, 0.2) is 30.3 Å². The van der Waals surface area contributed by atoms with Gasteiger partial charge in [-0.1, -0.05) is 30.3 Å². The van der Waals surface area contributed by atoms with Crippen LogP contribution in [-0.4, -0.2) is 14.7 Å². The minimum atomic E-state index is -4.66. The Morgan fingerprint density at radius 3 is 2.16 bits per heavy atom. The zero-order valence-electron chi connectivity index (χ0n) is 9.19. The molecule has 12 heteroatoms. The Morgan fingerprint density at radius 1 is 1.00 bits per heavy atom. The van der Waals surface area contributed by atoms with Crippen molar-refractivity contribution in [2.24, 2.45) is 0 Å². The van der Waals surface area contributed by atoms with Crippen LogP contribution < -0.4 is 0 Å². The summed E-state index contributed by atoms with van der Waals surface area (Å²) in [4.78, 5) is 25.9. The molecular weight excluding hydrogens is 338 g/mol. The fraction of sp³-hybridized carbons (Fsp3) is 0.143. The van der Waals surface area contributed by atoms with Crippen LogP contribution in [0.5, 0.6) is 0 Å². The van der Waals surface area contributed by atoms with Gasteiger partial charge in [0.2, 0.25) is 0 Å². The molecule has 0 amide bonds. The van der Waals surface area contributed by atoms with Crippen molar-refractivity contribution in [3.8, 4) is 0 Å². The van der Waals surface area contributed by atoms with E-state index in [1.54, 1.807) is 30.3 Å². The van der Waals surface area contributed by atoms with Gasteiger partial charge in [0.25, 0.3) is 0 Å². The van der Waals surface area contributed by atoms with Crippen LogP contribution in [0.4, 0.5) is 0 Å². The number of hydrogen-bond acceptors (Lipinski definition) is 7. The summed E-state index contributed by atoms with van der Waals surface area (Å²) in [5, 5.41) is 0. The molecule has 1 rings (SSSR count). The summed E-state index contributed by atoms with van der Waals surface area (Å²) in [7, 11) is -8.99. The highest BCUT2D eigenvalue weighted by molar-refractivity contribution is 8.74. The third kappa shape index (κ3) is 8.83. The lowest BCUT2D eigenvalue weighted by molar-refractivity contribution is 0.204. The predicted molar refractivity (Wildman–Crippen MR) is 70.5 cm³/mol. The molecule has 8 nitrogen and oxygen atoms in total. The van der Waals surface area contributed by atoms with Crippen molar-refractivity contribution in [1.82, 2.24) is 0 Å². The van der Waals surface area contributed by atoms with E-state index in [4.69, 9.17) is 9.79 Å². The molecule has 0 saturated carbocycles. The van der Waals surface area contributed by atoms with Crippen molar-refractivity contribution in [1.29, 1.82) is 0 Å². The Hall–Kier alpha value is 0.140. The molecule has 1 atom stereocenters. The minimum absolute atomic E-state index is 0.128. The summed E-state index contributed by atoms with van der Waals surface area (Å²) in [5.74, 6) is 0. The van der Waals surface area contributed by atoms with Gasteiger partial charge in [0.05, 0.1) is 6.61 Å². The van der Waals surface area contributed by atoms with Gasteiger partial charge in [-0.25, -0.2) is 17.1 Å². The first-order valence-electron chi connectivity index (χ1n) is 4.57. The number of rotatable bonds is 8. The number of hydrogen-bond donors (Lipinski definition) is 3. The third-order valence-electron chi connectivity index (χ3n) is 1.52. The van der Waals surface area contributed by atoms with E-state index in [1.165, 1.54) is 0 Å². The fourth-order valence-corrected chi connectivity index (χ4v) is 4.02. The molecule has 0 saturated heterocycles. The summed E-state index contributed by atoms with van der Waals surface area (Å²) < 4.78 is 34.5. The van der Waals surface area contributed by atoms with Crippen molar-refractivity contribution in [2.45, 2.75) is 6.61 Å². The second-order valence-corrected chi connectivity index (χ2v) is 7.46. The van der Waals surface area contributed by atoms with Crippen LogP contribution in [-0.2, 0) is 28.2 Å². The second-order valence-electron chi connectivity index (χ2n) is 3.00. The Morgan fingerprint density at radius 2 is 1.58 bits per heavy atom. The standard InChI is InChI=1S/C7H10O8P2S2/c8-16(9,10)14-18-19-15-17(11,12)13-6-7-4-2-1-3-5-7/h1-5H,6H2,(H,11,12)(H2,8,9,10). The predicted octanol–water partition coefficient (Wildman–Crippen LogP) is 2.64. The van der Waals surface area contributed by atoms with Gasteiger partial charge in [-0.15, -0.1) is 0 Å². The van der Waals surface area contributed by atoms with Gasteiger partial charge in [0.1, 0.15) is 22.1 Å². The van der Waals surface area contributed by atoms with Crippen LogP contribution in [0.1, 0.15) is 5.56 Å². The highest BCUT2D eigenvalue weighted by Crippen LogP contribution is 2.53. The Labute approximate surface area is 117 Å². The molecular formula is C7H10O8P2S2. The first-order chi connectivity index (χ1) is 8.79. The number of phosphoric ester groups is 1. The zero-order valence-corrected chi connectivity index (χ0v) is 12.6. The van der Waals surface area contributed by atoms with Crippen LogP contribution in [0.2, 0.25) is 0 Å². The van der Waals surface area contributed by atoms with E-state index in [-0.39, 0.29) is 28.8 Å². The fourth-order valence-electron chi connectivity index (χ4n) is 0.855. The van der Waals surface area contributed by atoms with E-state index < -0.39 is 15.6 Å². The summed E-state index contributed by atoms with van der Waals surface area (Å²) in [6, 6.07) is 8.64. The van der Waals surface area contributed by atoms with Crippen LogP contribution in [0.3, 0.4) is 0 Å². The van der Waals surface area contributed by atoms with Gasteiger partial charge < -0.3 is 14.7 Å². The van der Waals surface area contributed by atoms with Crippen molar-refractivity contribution in [2.75, 3.05) is 0 Å². The highest BCUT2D eigenvalue weighted by Gasteiger charge is 2.24. The molecule has 3 N–H and O–H groups in total. The smallest absolute Gasteiger partial charge is 0.302 e. The molecule has 0 radical (unpaired) electrons. The summed E-state index contributed by atoms with van der Waals surface area (Å²) >= 11 is 0.314. The maximum Gasteiger partial charge on any atom is 0.484 e. The topological polar surface area (TPSA) is 123 Å². The first kappa shape index (κ1) is 17.2.